The summed E-state index contributed by atoms with van der Waals surface area (Å²) in [4.78, 5) is 0. The number of benzene rings is 1. The van der Waals surface area contributed by atoms with Gasteiger partial charge in [-0.15, -0.1) is 0 Å². The molecule has 0 aliphatic heterocycles. The molecule has 0 bridgehead atoms. The van der Waals surface area contributed by atoms with Crippen molar-refractivity contribution in [1.29, 1.82) is 0 Å². The summed E-state index contributed by atoms with van der Waals surface area (Å²) in [6.45, 7) is 9.99. The molecular formula is C29H41NO2. The van der Waals surface area contributed by atoms with E-state index in [1.807, 2.05) is 6.92 Å². The molecule has 0 amide bonds. The van der Waals surface area contributed by atoms with E-state index in [1.165, 1.54) is 50.5 Å². The first-order valence-electron chi connectivity index (χ1n) is 13.2. The molecule has 0 saturated heterocycles. The van der Waals surface area contributed by atoms with E-state index < -0.39 is 0 Å². The number of hydrogen-bond donors (Lipinski definition) is 0. The van der Waals surface area contributed by atoms with E-state index in [1.54, 1.807) is 11.1 Å². The molecule has 0 radical (unpaired) electrons. The lowest BCUT2D eigenvalue weighted by Gasteiger charge is -2.51. The fraction of sp³-hybridized carbons (Fsp3) is 0.690. The molecule has 174 valence electrons. The van der Waals surface area contributed by atoms with Gasteiger partial charge in [0.2, 0.25) is 0 Å². The number of nitrogens with zero attached hydrogens (tertiary/aromatic N) is 1. The van der Waals surface area contributed by atoms with Gasteiger partial charge in [0.15, 0.2) is 0 Å². The molecule has 1 aromatic carbocycles. The summed E-state index contributed by atoms with van der Waals surface area (Å²) in [5.74, 6) is 5.44. The van der Waals surface area contributed by atoms with E-state index in [9.17, 15) is 0 Å². The van der Waals surface area contributed by atoms with Crippen molar-refractivity contribution in [3.05, 3.63) is 46.3 Å². The normalized spacial score (nSPS) is 31.1. The maximum Gasteiger partial charge on any atom is 0.137 e. The molecule has 3 aliphatic carbocycles. The van der Waals surface area contributed by atoms with E-state index in [0.29, 0.717) is 5.41 Å². The molecule has 32 heavy (non-hydrogen) atoms. The molecule has 1 heterocycles. The predicted octanol–water partition coefficient (Wildman–Crippen LogP) is 7.44. The first kappa shape index (κ1) is 22.0. The van der Waals surface area contributed by atoms with Gasteiger partial charge in [-0.2, -0.15) is 0 Å². The van der Waals surface area contributed by atoms with Crippen LogP contribution in [-0.2, 0) is 19.3 Å². The van der Waals surface area contributed by atoms with Crippen LogP contribution >= 0.6 is 0 Å². The Labute approximate surface area is 194 Å². The van der Waals surface area contributed by atoms with Crippen LogP contribution in [0.15, 0.2) is 22.7 Å². The molecule has 3 heteroatoms. The van der Waals surface area contributed by atoms with Crippen molar-refractivity contribution >= 4 is 0 Å². The highest BCUT2D eigenvalue weighted by atomic mass is 16.5. The molecule has 2 saturated carbocycles. The summed E-state index contributed by atoms with van der Waals surface area (Å²) in [7, 11) is 0. The molecule has 0 N–H and O–H groups in total. The van der Waals surface area contributed by atoms with Gasteiger partial charge in [0, 0.05) is 12.5 Å². The molecule has 2 fully saturated rings. The topological polar surface area (TPSA) is 35.3 Å². The fourth-order valence-electron chi connectivity index (χ4n) is 7.58. The Bertz CT molecular complexity index is 947. The molecule has 5 atom stereocenters. The zero-order chi connectivity index (χ0) is 22.3. The smallest absolute Gasteiger partial charge is 0.137 e. The molecule has 3 nitrogen and oxygen atoms in total. The second kappa shape index (κ2) is 8.88. The Kier molecular flexibility index (Phi) is 6.11. The summed E-state index contributed by atoms with van der Waals surface area (Å²) in [5, 5.41) is 4.14. The van der Waals surface area contributed by atoms with Gasteiger partial charge < -0.3 is 9.26 Å². The Morgan fingerprint density at radius 2 is 2.00 bits per heavy atom. The van der Waals surface area contributed by atoms with Gasteiger partial charge in [0.1, 0.15) is 11.5 Å². The molecule has 3 aliphatic rings. The molecule has 5 rings (SSSR count). The molecule has 3 unspecified atom stereocenters. The lowest BCUT2D eigenvalue weighted by molar-refractivity contribution is 0.0267. The van der Waals surface area contributed by atoms with Crippen molar-refractivity contribution in [3.8, 4) is 5.75 Å². The zero-order valence-corrected chi connectivity index (χ0v) is 20.6. The van der Waals surface area contributed by atoms with Crippen LogP contribution in [0.1, 0.15) is 99.8 Å². The van der Waals surface area contributed by atoms with Crippen LogP contribution in [0, 0.1) is 30.1 Å². The lowest BCUT2D eigenvalue weighted by Crippen LogP contribution is -2.42. The first-order valence-corrected chi connectivity index (χ1v) is 13.2. The Hall–Kier alpha value is -1.77. The Morgan fingerprint density at radius 1 is 1.12 bits per heavy atom. The second-order valence-corrected chi connectivity index (χ2v) is 11.1. The van der Waals surface area contributed by atoms with Crippen molar-refractivity contribution in [2.24, 2.45) is 23.2 Å². The third kappa shape index (κ3) is 3.80. The molecule has 1 aromatic heterocycles. The number of ether oxygens (including phenoxy) is 1. The Morgan fingerprint density at radius 3 is 2.75 bits per heavy atom. The minimum atomic E-state index is 0.455. The monoisotopic (exact) mass is 435 g/mol. The van der Waals surface area contributed by atoms with Crippen molar-refractivity contribution in [3.63, 3.8) is 0 Å². The predicted molar refractivity (Wildman–Crippen MR) is 129 cm³/mol. The SMILES string of the molecule is CCCCOc1cc2c(cc1CC)C1CC[C@@]3(C)C(CC[C@@H]3Cc3cc(C)no3)C1CC2. The quantitative estimate of drug-likeness (QED) is 0.424. The summed E-state index contributed by atoms with van der Waals surface area (Å²) in [6.07, 6.45) is 12.5. The zero-order valence-electron chi connectivity index (χ0n) is 20.6. The van der Waals surface area contributed by atoms with Gasteiger partial charge in [-0.1, -0.05) is 38.4 Å². The standard InChI is InChI=1S/C29H41NO2/c1-5-7-14-31-28-17-21-8-10-25-24(26(21)16-20(28)6-2)12-13-29(4)22(9-11-27(25)29)18-23-15-19(3)30-32-23/h15-17,22,24-25,27H,5-14,18H2,1-4H3/t22-,24?,25?,27?,29-/m1/s1. The highest BCUT2D eigenvalue weighted by Gasteiger charge is 2.54. The average Bonchev–Trinajstić information content (AvgIpc) is 3.36. The molecule has 2 aromatic rings. The maximum atomic E-state index is 6.21. The number of rotatable bonds is 7. The van der Waals surface area contributed by atoms with Gasteiger partial charge in [0.05, 0.1) is 12.3 Å². The largest absolute Gasteiger partial charge is 0.493 e. The third-order valence-corrected chi connectivity index (χ3v) is 9.36. The number of aromatic nitrogens is 1. The maximum absolute atomic E-state index is 6.21. The van der Waals surface area contributed by atoms with E-state index in [4.69, 9.17) is 9.26 Å². The van der Waals surface area contributed by atoms with Crippen molar-refractivity contribution in [1.82, 2.24) is 5.16 Å². The van der Waals surface area contributed by atoms with Crippen LogP contribution in [0.3, 0.4) is 0 Å². The highest BCUT2D eigenvalue weighted by Crippen LogP contribution is 2.63. The van der Waals surface area contributed by atoms with Crippen LogP contribution in [0.4, 0.5) is 0 Å². The molecule has 0 spiro atoms. The van der Waals surface area contributed by atoms with E-state index >= 15 is 0 Å². The number of hydrogen-bond acceptors (Lipinski definition) is 3. The summed E-state index contributed by atoms with van der Waals surface area (Å²) in [5.41, 5.74) is 6.12. The minimum Gasteiger partial charge on any atom is -0.493 e. The number of fused-ring (bicyclic) bond motifs is 5. The van der Waals surface area contributed by atoms with Gasteiger partial charge in [0.25, 0.3) is 0 Å². The fourth-order valence-corrected chi connectivity index (χ4v) is 7.58. The van der Waals surface area contributed by atoms with E-state index in [-0.39, 0.29) is 0 Å². The highest BCUT2D eigenvalue weighted by molar-refractivity contribution is 5.46. The average molecular weight is 436 g/mol. The van der Waals surface area contributed by atoms with Crippen LogP contribution < -0.4 is 4.74 Å². The second-order valence-electron chi connectivity index (χ2n) is 11.1. The summed E-state index contributed by atoms with van der Waals surface area (Å²) < 4.78 is 11.8. The summed E-state index contributed by atoms with van der Waals surface area (Å²) >= 11 is 0. The van der Waals surface area contributed by atoms with E-state index in [0.717, 1.165) is 66.7 Å². The Balaban J connectivity index is 1.37. The summed E-state index contributed by atoms with van der Waals surface area (Å²) in [6, 6.07) is 7.10. The number of unbranched alkanes of at least 4 members (excludes halogenated alkanes) is 1. The van der Waals surface area contributed by atoms with Crippen molar-refractivity contribution in [2.75, 3.05) is 6.61 Å². The van der Waals surface area contributed by atoms with Gasteiger partial charge >= 0.3 is 0 Å². The molecular weight excluding hydrogens is 394 g/mol. The van der Waals surface area contributed by atoms with Crippen molar-refractivity contribution < 1.29 is 9.26 Å². The van der Waals surface area contributed by atoms with Gasteiger partial charge in [-0.3, -0.25) is 0 Å². The van der Waals surface area contributed by atoms with Gasteiger partial charge in [-0.05, 0) is 110 Å². The third-order valence-electron chi connectivity index (χ3n) is 9.36. The van der Waals surface area contributed by atoms with Crippen molar-refractivity contribution in [2.45, 2.75) is 97.8 Å². The van der Waals surface area contributed by atoms with Crippen LogP contribution in [0.5, 0.6) is 5.75 Å². The lowest BCUT2D eigenvalue weighted by atomic mass is 9.54. The first-order chi connectivity index (χ1) is 15.5. The van der Waals surface area contributed by atoms with E-state index in [2.05, 4.69) is 44.1 Å². The van der Waals surface area contributed by atoms with Gasteiger partial charge in [-0.25, -0.2) is 0 Å². The van der Waals surface area contributed by atoms with Crippen LogP contribution in [0.2, 0.25) is 0 Å². The van der Waals surface area contributed by atoms with Crippen LogP contribution in [0.25, 0.3) is 0 Å². The number of aryl methyl sites for hydroxylation is 3. The van der Waals surface area contributed by atoms with Crippen LogP contribution in [-0.4, -0.2) is 11.8 Å². The minimum absolute atomic E-state index is 0.455.